The summed E-state index contributed by atoms with van der Waals surface area (Å²) in [5.74, 6) is 0.259. The first-order valence-electron chi connectivity index (χ1n) is 8.13. The quantitative estimate of drug-likeness (QED) is 0.607. The highest BCUT2D eigenvalue weighted by molar-refractivity contribution is 6.32. The fourth-order valence-electron chi connectivity index (χ4n) is 3.01. The molecule has 4 rings (SSSR count). The largest absolute Gasteiger partial charge is 0.506 e. The Morgan fingerprint density at radius 1 is 1.22 bits per heavy atom. The number of nitrogens with zero attached hydrogens (tertiary/aromatic N) is 2. The van der Waals surface area contributed by atoms with Gasteiger partial charge in [-0.25, -0.2) is 4.98 Å². The molecule has 0 fully saturated rings. The van der Waals surface area contributed by atoms with Gasteiger partial charge in [-0.15, -0.1) is 0 Å². The van der Waals surface area contributed by atoms with Crippen molar-refractivity contribution in [1.82, 2.24) is 4.98 Å². The van der Waals surface area contributed by atoms with E-state index in [1.54, 1.807) is 42.6 Å². The Bertz CT molecular complexity index is 1120. The van der Waals surface area contributed by atoms with Crippen LogP contribution in [0.15, 0.2) is 48.7 Å². The number of phenols is 1. The molecule has 132 valence electrons. The van der Waals surface area contributed by atoms with Gasteiger partial charge in [0.2, 0.25) is 0 Å². The summed E-state index contributed by atoms with van der Waals surface area (Å²) in [7, 11) is 0. The van der Waals surface area contributed by atoms with Crippen LogP contribution >= 0.6 is 11.6 Å². The molecule has 0 spiro atoms. The van der Waals surface area contributed by atoms with Crippen LogP contribution in [-0.4, -0.2) is 15.9 Å². The number of anilines is 4. The molecule has 1 aliphatic rings. The number of halogens is 1. The first-order chi connectivity index (χ1) is 13.0. The van der Waals surface area contributed by atoms with Crippen LogP contribution in [0.1, 0.15) is 21.5 Å². The van der Waals surface area contributed by atoms with E-state index in [1.807, 2.05) is 0 Å². The number of nitrogens with one attached hydrogen (secondary N) is 2. The zero-order valence-electron chi connectivity index (χ0n) is 14.0. The second kappa shape index (κ2) is 6.63. The molecule has 0 radical (unpaired) electrons. The number of hydrogen-bond acceptors (Lipinski definition) is 6. The summed E-state index contributed by atoms with van der Waals surface area (Å²) in [5, 5.41) is 25.4. The maximum Gasteiger partial charge on any atom is 0.173 e. The summed E-state index contributed by atoms with van der Waals surface area (Å²) in [6.07, 6.45) is 1.74. The van der Waals surface area contributed by atoms with Crippen LogP contribution in [0.3, 0.4) is 0 Å². The molecular weight excluding hydrogens is 364 g/mol. The smallest absolute Gasteiger partial charge is 0.173 e. The van der Waals surface area contributed by atoms with Gasteiger partial charge in [0, 0.05) is 30.1 Å². The number of aromatic nitrogens is 1. The van der Waals surface area contributed by atoms with E-state index in [0.29, 0.717) is 28.3 Å². The van der Waals surface area contributed by atoms with Crippen molar-refractivity contribution >= 4 is 40.3 Å². The minimum Gasteiger partial charge on any atom is -0.506 e. The predicted molar refractivity (Wildman–Crippen MR) is 103 cm³/mol. The Hall–Kier alpha value is -3.56. The lowest BCUT2D eigenvalue weighted by Crippen LogP contribution is -2.08. The summed E-state index contributed by atoms with van der Waals surface area (Å²) in [5.41, 5.74) is 3.56. The zero-order chi connectivity index (χ0) is 19.0. The van der Waals surface area contributed by atoms with E-state index in [1.165, 1.54) is 6.07 Å². The van der Waals surface area contributed by atoms with Crippen molar-refractivity contribution in [2.24, 2.45) is 0 Å². The third kappa shape index (κ3) is 3.16. The molecule has 0 saturated heterocycles. The summed E-state index contributed by atoms with van der Waals surface area (Å²) in [6.45, 7) is 0. The van der Waals surface area contributed by atoms with Crippen molar-refractivity contribution < 1.29 is 9.90 Å². The van der Waals surface area contributed by atoms with Crippen LogP contribution in [0.2, 0.25) is 5.02 Å². The van der Waals surface area contributed by atoms with E-state index in [-0.39, 0.29) is 23.0 Å². The van der Waals surface area contributed by atoms with Crippen molar-refractivity contribution in [1.29, 1.82) is 5.26 Å². The highest BCUT2D eigenvalue weighted by Gasteiger charge is 2.24. The first kappa shape index (κ1) is 16.9. The van der Waals surface area contributed by atoms with Crippen molar-refractivity contribution in [2.75, 3.05) is 10.6 Å². The maximum absolute atomic E-state index is 12.9. The van der Waals surface area contributed by atoms with E-state index in [2.05, 4.69) is 21.7 Å². The van der Waals surface area contributed by atoms with E-state index in [4.69, 9.17) is 16.9 Å². The van der Waals surface area contributed by atoms with Crippen LogP contribution in [0, 0.1) is 11.3 Å². The predicted octanol–water partition coefficient (Wildman–Crippen LogP) is 4.54. The van der Waals surface area contributed by atoms with Crippen molar-refractivity contribution in [3.8, 4) is 11.8 Å². The Labute approximate surface area is 160 Å². The van der Waals surface area contributed by atoms with Crippen molar-refractivity contribution in [2.45, 2.75) is 6.42 Å². The van der Waals surface area contributed by atoms with Gasteiger partial charge in [0.05, 0.1) is 27.9 Å². The number of rotatable bonds is 2. The number of Topliss-reactive ketones (excluding diaryl/α,β-unsaturated/α-hetero) is 1. The van der Waals surface area contributed by atoms with Gasteiger partial charge in [0.25, 0.3) is 0 Å². The number of aromatic hydroxyl groups is 1. The highest BCUT2D eigenvalue weighted by atomic mass is 35.5. The van der Waals surface area contributed by atoms with Gasteiger partial charge in [-0.05, 0) is 42.0 Å². The second-order valence-corrected chi connectivity index (χ2v) is 6.49. The molecule has 0 unspecified atom stereocenters. The average molecular weight is 377 g/mol. The topological polar surface area (TPSA) is 98.0 Å². The summed E-state index contributed by atoms with van der Waals surface area (Å²) in [4.78, 5) is 17.2. The molecule has 1 aliphatic heterocycles. The standard InChI is InChI=1S/C20H13ClN4O2/c21-14-3-2-13(9-17(14)26)24-16-5-6-23-20-19(16)18(27)8-12-7-11(10-22)1-4-15(12)25-20/h1-7,9,26H,8H2,(H2,23,24,25). The molecule has 0 atom stereocenters. The van der Waals surface area contributed by atoms with Crippen LogP contribution in [0.5, 0.6) is 5.75 Å². The Balaban J connectivity index is 1.75. The minimum atomic E-state index is -0.125. The average Bonchev–Trinajstić information content (AvgIpc) is 2.80. The lowest BCUT2D eigenvalue weighted by molar-refractivity contribution is 0.0995. The monoisotopic (exact) mass is 376 g/mol. The number of carbonyl (C=O) groups excluding carboxylic acids is 1. The molecule has 27 heavy (non-hydrogen) atoms. The molecule has 7 heteroatoms. The first-order valence-corrected chi connectivity index (χ1v) is 8.51. The third-order valence-corrected chi connectivity index (χ3v) is 4.61. The SMILES string of the molecule is N#Cc1ccc2c(c1)CC(=O)c1c(Nc3ccc(Cl)c(O)c3)ccnc1N2. The molecule has 3 N–H and O–H groups in total. The Morgan fingerprint density at radius 3 is 2.85 bits per heavy atom. The van der Waals surface area contributed by atoms with Crippen LogP contribution in [0.25, 0.3) is 0 Å². The van der Waals surface area contributed by atoms with Crippen molar-refractivity contribution in [3.05, 3.63) is 70.4 Å². The Kier molecular flexibility index (Phi) is 4.15. The fourth-order valence-corrected chi connectivity index (χ4v) is 3.13. The van der Waals surface area contributed by atoms with E-state index < -0.39 is 0 Å². The molecular formula is C20H13ClN4O2. The molecule has 3 aromatic rings. The molecule has 6 nitrogen and oxygen atoms in total. The number of phenolic OH excluding ortho intramolecular Hbond substituents is 1. The normalized spacial score (nSPS) is 12.2. The number of hydrogen-bond donors (Lipinski definition) is 3. The lowest BCUT2D eigenvalue weighted by atomic mass is 10.0. The molecule has 0 amide bonds. The zero-order valence-corrected chi connectivity index (χ0v) is 14.7. The van der Waals surface area contributed by atoms with E-state index in [9.17, 15) is 9.90 Å². The van der Waals surface area contributed by atoms with Gasteiger partial charge in [-0.1, -0.05) is 11.6 Å². The van der Waals surface area contributed by atoms with Crippen LogP contribution in [-0.2, 0) is 6.42 Å². The maximum atomic E-state index is 12.9. The molecule has 0 saturated carbocycles. The van der Waals surface area contributed by atoms with Crippen LogP contribution in [0.4, 0.5) is 22.9 Å². The summed E-state index contributed by atoms with van der Waals surface area (Å²) in [6, 6.07) is 13.7. The number of benzene rings is 2. The number of nitriles is 1. The summed E-state index contributed by atoms with van der Waals surface area (Å²) < 4.78 is 0. The molecule has 2 heterocycles. The van der Waals surface area contributed by atoms with Gasteiger partial charge < -0.3 is 15.7 Å². The van der Waals surface area contributed by atoms with Gasteiger partial charge in [0.1, 0.15) is 11.6 Å². The number of ketones is 1. The Morgan fingerprint density at radius 2 is 2.07 bits per heavy atom. The summed E-state index contributed by atoms with van der Waals surface area (Å²) >= 11 is 5.85. The third-order valence-electron chi connectivity index (χ3n) is 4.29. The van der Waals surface area contributed by atoms with Crippen LogP contribution < -0.4 is 10.6 Å². The van der Waals surface area contributed by atoms with Gasteiger partial charge in [-0.2, -0.15) is 5.26 Å². The molecule has 1 aromatic heterocycles. The lowest BCUT2D eigenvalue weighted by Gasteiger charge is -2.14. The molecule has 2 aromatic carbocycles. The molecule has 0 aliphatic carbocycles. The van der Waals surface area contributed by atoms with Crippen molar-refractivity contribution in [3.63, 3.8) is 0 Å². The van der Waals surface area contributed by atoms with E-state index in [0.717, 1.165) is 11.3 Å². The number of pyridine rings is 1. The fraction of sp³-hybridized carbons (Fsp3) is 0.0500. The van der Waals surface area contributed by atoms with Gasteiger partial charge >= 0.3 is 0 Å². The number of fused-ring (bicyclic) bond motifs is 2. The van der Waals surface area contributed by atoms with Gasteiger partial charge in [0.15, 0.2) is 5.78 Å². The number of carbonyl (C=O) groups is 1. The second-order valence-electron chi connectivity index (χ2n) is 6.08. The van der Waals surface area contributed by atoms with E-state index >= 15 is 0 Å². The minimum absolute atomic E-state index is 0.0531. The van der Waals surface area contributed by atoms with Gasteiger partial charge in [-0.3, -0.25) is 4.79 Å². The molecule has 0 bridgehead atoms. The highest BCUT2D eigenvalue weighted by Crippen LogP contribution is 2.35.